The summed E-state index contributed by atoms with van der Waals surface area (Å²) in [5.41, 5.74) is 2.57. The van der Waals surface area contributed by atoms with Crippen LogP contribution in [0.4, 0.5) is 31.9 Å². The van der Waals surface area contributed by atoms with Crippen LogP contribution in [0.3, 0.4) is 0 Å². The van der Waals surface area contributed by atoms with Crippen molar-refractivity contribution in [3.63, 3.8) is 0 Å². The molecule has 2 aliphatic rings. The number of nitrogens with zero attached hydrogens (tertiary/aromatic N) is 4. The minimum Gasteiger partial charge on any atom is -0.368 e. The Morgan fingerprint density at radius 1 is 0.806 bits per heavy atom. The third-order valence-electron chi connectivity index (χ3n) is 6.45. The number of carbonyl (C=O) groups excluding carboxylic acids is 3. The minimum absolute atomic E-state index is 0.0887. The number of hydrogen-bond donors (Lipinski definition) is 1. The highest BCUT2D eigenvalue weighted by atomic mass is 19.1. The van der Waals surface area contributed by atoms with Crippen LogP contribution in [-0.2, 0) is 9.59 Å². The lowest BCUT2D eigenvalue weighted by Crippen LogP contribution is -2.55. The molecule has 0 bridgehead atoms. The van der Waals surface area contributed by atoms with Gasteiger partial charge in [-0.1, -0.05) is 30.3 Å². The van der Waals surface area contributed by atoms with Gasteiger partial charge >= 0.3 is 6.03 Å². The maximum Gasteiger partial charge on any atom is 0.326 e. The van der Waals surface area contributed by atoms with Gasteiger partial charge in [-0.3, -0.25) is 19.4 Å². The number of piperazine rings is 1. The molecule has 2 aliphatic heterocycles. The number of fused-ring (bicyclic) bond motifs is 1. The normalized spacial score (nSPS) is 15.5. The lowest BCUT2D eigenvalue weighted by Gasteiger charge is -2.39. The number of carbonyl (C=O) groups is 3. The van der Waals surface area contributed by atoms with E-state index in [1.165, 1.54) is 34.1 Å². The topological polar surface area (TPSA) is 76.2 Å². The standard InChI is InChI=1S/C27H26FN5O3/c28-20-10-12-21(13-11-20)29-27(36)33-19-26(35)32(23-8-4-5-9-24(23)33)18-25(34)31-16-14-30(15-17-31)22-6-2-1-3-7-22/h1-13H,14-19H2,(H,29,36). The van der Waals surface area contributed by atoms with Gasteiger partial charge in [-0.2, -0.15) is 0 Å². The lowest BCUT2D eigenvalue weighted by atomic mass is 10.1. The van der Waals surface area contributed by atoms with E-state index in [9.17, 15) is 18.8 Å². The van der Waals surface area contributed by atoms with E-state index in [-0.39, 0.29) is 24.9 Å². The minimum atomic E-state index is -0.509. The van der Waals surface area contributed by atoms with Crippen molar-refractivity contribution < 1.29 is 18.8 Å². The van der Waals surface area contributed by atoms with E-state index in [1.807, 2.05) is 18.2 Å². The molecule has 0 saturated carbocycles. The largest absolute Gasteiger partial charge is 0.368 e. The summed E-state index contributed by atoms with van der Waals surface area (Å²) in [5.74, 6) is -0.886. The van der Waals surface area contributed by atoms with Crippen molar-refractivity contribution in [1.29, 1.82) is 0 Å². The maximum absolute atomic E-state index is 13.2. The van der Waals surface area contributed by atoms with Crippen molar-refractivity contribution in [3.8, 4) is 0 Å². The van der Waals surface area contributed by atoms with Crippen LogP contribution >= 0.6 is 0 Å². The summed E-state index contributed by atoms with van der Waals surface area (Å²) in [7, 11) is 0. The number of anilines is 4. The molecular formula is C27H26FN5O3. The first kappa shape index (κ1) is 23.3. The molecule has 0 unspecified atom stereocenters. The number of urea groups is 1. The molecule has 0 atom stereocenters. The molecule has 0 aliphatic carbocycles. The molecule has 1 fully saturated rings. The van der Waals surface area contributed by atoms with E-state index in [2.05, 4.69) is 22.3 Å². The fraction of sp³-hybridized carbons (Fsp3) is 0.222. The molecule has 1 N–H and O–H groups in total. The third-order valence-corrected chi connectivity index (χ3v) is 6.45. The summed E-state index contributed by atoms with van der Waals surface area (Å²) in [6, 6.07) is 22.0. The van der Waals surface area contributed by atoms with Crippen LogP contribution in [0.1, 0.15) is 0 Å². The van der Waals surface area contributed by atoms with E-state index in [0.717, 1.165) is 18.8 Å². The quantitative estimate of drug-likeness (QED) is 0.611. The zero-order valence-corrected chi connectivity index (χ0v) is 19.6. The zero-order valence-electron chi connectivity index (χ0n) is 19.6. The average molecular weight is 488 g/mol. The van der Waals surface area contributed by atoms with Crippen LogP contribution in [-0.4, -0.2) is 62.0 Å². The van der Waals surface area contributed by atoms with Crippen molar-refractivity contribution in [2.75, 3.05) is 59.3 Å². The maximum atomic E-state index is 13.2. The Kier molecular flexibility index (Phi) is 6.53. The number of benzene rings is 3. The van der Waals surface area contributed by atoms with Crippen LogP contribution in [0.2, 0.25) is 0 Å². The summed E-state index contributed by atoms with van der Waals surface area (Å²) in [6.45, 7) is 2.29. The molecule has 5 rings (SSSR count). The second-order valence-corrected chi connectivity index (χ2v) is 8.70. The number of halogens is 1. The number of rotatable bonds is 4. The van der Waals surface area contributed by atoms with Crippen molar-refractivity contribution >= 4 is 40.6 Å². The van der Waals surface area contributed by atoms with Gasteiger partial charge < -0.3 is 15.1 Å². The van der Waals surface area contributed by atoms with Crippen molar-refractivity contribution in [1.82, 2.24) is 4.90 Å². The van der Waals surface area contributed by atoms with Gasteiger partial charge in [0.15, 0.2) is 0 Å². The molecule has 36 heavy (non-hydrogen) atoms. The lowest BCUT2D eigenvalue weighted by molar-refractivity contribution is -0.131. The van der Waals surface area contributed by atoms with E-state index in [4.69, 9.17) is 0 Å². The molecule has 9 heteroatoms. The zero-order chi connectivity index (χ0) is 25.1. The predicted molar refractivity (Wildman–Crippen MR) is 137 cm³/mol. The van der Waals surface area contributed by atoms with Crippen LogP contribution in [0, 0.1) is 5.82 Å². The first-order valence-corrected chi connectivity index (χ1v) is 11.8. The number of hydrogen-bond acceptors (Lipinski definition) is 4. The van der Waals surface area contributed by atoms with Crippen LogP contribution < -0.4 is 20.0 Å². The monoisotopic (exact) mass is 487 g/mol. The van der Waals surface area contributed by atoms with Gasteiger partial charge in [0.05, 0.1) is 11.4 Å². The van der Waals surface area contributed by atoms with Crippen LogP contribution in [0.25, 0.3) is 0 Å². The molecule has 0 radical (unpaired) electrons. The Labute approximate surface area is 208 Å². The van der Waals surface area contributed by atoms with E-state index < -0.39 is 11.8 Å². The van der Waals surface area contributed by atoms with Crippen LogP contribution in [0.15, 0.2) is 78.9 Å². The number of amides is 4. The summed E-state index contributed by atoms with van der Waals surface area (Å²) in [5, 5.41) is 2.69. The van der Waals surface area contributed by atoms with Gasteiger partial charge in [-0.05, 0) is 48.5 Å². The van der Waals surface area contributed by atoms with E-state index >= 15 is 0 Å². The molecular weight excluding hydrogens is 461 g/mol. The average Bonchev–Trinajstić information content (AvgIpc) is 2.92. The molecule has 4 amide bonds. The molecule has 3 aromatic carbocycles. The highest BCUT2D eigenvalue weighted by molar-refractivity contribution is 6.15. The summed E-state index contributed by atoms with van der Waals surface area (Å²) in [4.78, 5) is 46.0. The van der Waals surface area contributed by atoms with Crippen molar-refractivity contribution in [2.45, 2.75) is 0 Å². The van der Waals surface area contributed by atoms with Crippen LogP contribution in [0.5, 0.6) is 0 Å². The predicted octanol–water partition coefficient (Wildman–Crippen LogP) is 3.56. The molecule has 3 aromatic rings. The Morgan fingerprint density at radius 3 is 2.14 bits per heavy atom. The van der Waals surface area contributed by atoms with Gasteiger partial charge in [0, 0.05) is 37.6 Å². The Bertz CT molecular complexity index is 1260. The molecule has 8 nitrogen and oxygen atoms in total. The molecule has 184 valence electrons. The van der Waals surface area contributed by atoms with E-state index in [0.29, 0.717) is 30.2 Å². The SMILES string of the molecule is O=C(CN1C(=O)CN(C(=O)Nc2ccc(F)cc2)c2ccccc21)N1CCN(c2ccccc2)CC1. The van der Waals surface area contributed by atoms with Gasteiger partial charge in [-0.15, -0.1) is 0 Å². The van der Waals surface area contributed by atoms with Gasteiger partial charge in [-0.25, -0.2) is 9.18 Å². The van der Waals surface area contributed by atoms with E-state index in [1.54, 1.807) is 29.2 Å². The van der Waals surface area contributed by atoms with Gasteiger partial charge in [0.25, 0.3) is 0 Å². The first-order valence-electron chi connectivity index (χ1n) is 11.8. The molecule has 0 aromatic heterocycles. The third kappa shape index (κ3) is 4.86. The number of nitrogens with one attached hydrogen (secondary N) is 1. The second kappa shape index (κ2) is 10.1. The Morgan fingerprint density at radius 2 is 1.44 bits per heavy atom. The summed E-state index contributed by atoms with van der Waals surface area (Å²) in [6.07, 6.45) is 0. The second-order valence-electron chi connectivity index (χ2n) is 8.70. The Balaban J connectivity index is 1.26. The van der Waals surface area contributed by atoms with Gasteiger partial charge in [0.1, 0.15) is 18.9 Å². The highest BCUT2D eigenvalue weighted by Crippen LogP contribution is 2.34. The van der Waals surface area contributed by atoms with Crippen molar-refractivity contribution in [2.24, 2.45) is 0 Å². The summed E-state index contributed by atoms with van der Waals surface area (Å²) >= 11 is 0. The fourth-order valence-electron chi connectivity index (χ4n) is 4.53. The fourth-order valence-corrected chi connectivity index (χ4v) is 4.53. The first-order chi connectivity index (χ1) is 17.5. The number of para-hydroxylation sites is 3. The van der Waals surface area contributed by atoms with Gasteiger partial charge in [0.2, 0.25) is 11.8 Å². The molecule has 0 spiro atoms. The smallest absolute Gasteiger partial charge is 0.326 e. The molecule has 2 heterocycles. The van der Waals surface area contributed by atoms with Crippen molar-refractivity contribution in [3.05, 3.63) is 84.7 Å². The molecule has 1 saturated heterocycles. The highest BCUT2D eigenvalue weighted by Gasteiger charge is 2.34. The summed E-state index contributed by atoms with van der Waals surface area (Å²) < 4.78 is 13.2. The Hall–Kier alpha value is -4.40.